The summed E-state index contributed by atoms with van der Waals surface area (Å²) in [4.78, 5) is 16.5. The van der Waals surface area contributed by atoms with Gasteiger partial charge < -0.3 is 9.72 Å². The second-order valence-corrected chi connectivity index (χ2v) is 7.09. The van der Waals surface area contributed by atoms with Crippen molar-refractivity contribution in [3.05, 3.63) is 35.8 Å². The van der Waals surface area contributed by atoms with E-state index in [1.807, 2.05) is 16.7 Å². The fourth-order valence-corrected chi connectivity index (χ4v) is 3.71. The van der Waals surface area contributed by atoms with Crippen molar-refractivity contribution in [3.63, 3.8) is 0 Å². The molecule has 1 aliphatic rings. The third-order valence-electron chi connectivity index (χ3n) is 4.10. The zero-order valence-corrected chi connectivity index (χ0v) is 13.9. The first-order valence-electron chi connectivity index (χ1n) is 8.02. The predicted octanol–water partition coefficient (Wildman–Crippen LogP) is 3.32. The maximum absolute atomic E-state index is 12.0. The highest BCUT2D eigenvalue weighted by Crippen LogP contribution is 2.18. The number of fused-ring (bicyclic) bond motifs is 1. The first-order valence-corrected chi connectivity index (χ1v) is 9.17. The number of hydrogen-bond acceptors (Lipinski definition) is 3. The number of aryl methyl sites for hydroxylation is 1. The Balaban J connectivity index is 1.46. The van der Waals surface area contributed by atoms with Crippen LogP contribution in [-0.4, -0.2) is 27.1 Å². The van der Waals surface area contributed by atoms with Crippen LogP contribution in [0.1, 0.15) is 43.4 Å². The van der Waals surface area contributed by atoms with Crippen molar-refractivity contribution in [1.29, 1.82) is 0 Å². The summed E-state index contributed by atoms with van der Waals surface area (Å²) in [6.07, 6.45) is 10.2. The van der Waals surface area contributed by atoms with E-state index in [4.69, 9.17) is 0 Å². The molecule has 1 N–H and O–H groups in total. The van der Waals surface area contributed by atoms with Crippen molar-refractivity contribution in [1.82, 2.24) is 14.7 Å². The number of thioether (sulfide) groups is 1. The van der Waals surface area contributed by atoms with Crippen LogP contribution in [0.3, 0.4) is 0 Å². The summed E-state index contributed by atoms with van der Waals surface area (Å²) in [6.45, 7) is 2.07. The van der Waals surface area contributed by atoms with E-state index in [2.05, 4.69) is 29.5 Å². The topological polar surface area (TPSA) is 46.4 Å². The van der Waals surface area contributed by atoms with E-state index in [0.29, 0.717) is 11.8 Å². The molecule has 2 aromatic rings. The second kappa shape index (κ2) is 7.18. The molecular formula is C17H23N3OS. The molecule has 22 heavy (non-hydrogen) atoms. The molecule has 2 aromatic heterocycles. The lowest BCUT2D eigenvalue weighted by atomic mass is 9.95. The molecule has 0 radical (unpaired) electrons. The summed E-state index contributed by atoms with van der Waals surface area (Å²) >= 11 is 1.63. The van der Waals surface area contributed by atoms with E-state index in [1.54, 1.807) is 11.8 Å². The van der Waals surface area contributed by atoms with Crippen LogP contribution in [0.25, 0.3) is 5.65 Å². The summed E-state index contributed by atoms with van der Waals surface area (Å²) in [5.74, 6) is 1.46. The van der Waals surface area contributed by atoms with E-state index in [9.17, 15) is 4.79 Å². The monoisotopic (exact) mass is 317 g/mol. The molecule has 118 valence electrons. The van der Waals surface area contributed by atoms with Gasteiger partial charge in [0.15, 0.2) is 0 Å². The third kappa shape index (κ3) is 4.03. The van der Waals surface area contributed by atoms with Crippen LogP contribution in [-0.2, 0) is 10.5 Å². The van der Waals surface area contributed by atoms with Crippen molar-refractivity contribution in [2.24, 2.45) is 0 Å². The fraction of sp³-hybridized carbons (Fsp3) is 0.529. The number of aromatic nitrogens is 2. The minimum atomic E-state index is 0.163. The van der Waals surface area contributed by atoms with Gasteiger partial charge in [-0.15, -0.1) is 11.8 Å². The highest BCUT2D eigenvalue weighted by atomic mass is 32.2. The van der Waals surface area contributed by atoms with Gasteiger partial charge in [0.2, 0.25) is 5.91 Å². The summed E-state index contributed by atoms with van der Waals surface area (Å²) in [5.41, 5.74) is 3.21. The van der Waals surface area contributed by atoms with E-state index in [-0.39, 0.29) is 5.91 Å². The predicted molar refractivity (Wildman–Crippen MR) is 91.1 cm³/mol. The van der Waals surface area contributed by atoms with Crippen molar-refractivity contribution in [3.8, 4) is 0 Å². The van der Waals surface area contributed by atoms with Gasteiger partial charge in [0, 0.05) is 24.2 Å². The minimum absolute atomic E-state index is 0.163. The first kappa shape index (κ1) is 15.4. The number of hydrogen-bond donors (Lipinski definition) is 1. The van der Waals surface area contributed by atoms with Gasteiger partial charge in [0.05, 0.1) is 11.4 Å². The van der Waals surface area contributed by atoms with E-state index >= 15 is 0 Å². The Labute approximate surface area is 135 Å². The smallest absolute Gasteiger partial charge is 0.230 e. The number of carbonyl (C=O) groups is 1. The molecule has 5 heteroatoms. The molecule has 1 amide bonds. The van der Waals surface area contributed by atoms with Gasteiger partial charge in [-0.2, -0.15) is 0 Å². The van der Waals surface area contributed by atoms with Crippen LogP contribution in [0, 0.1) is 6.92 Å². The quantitative estimate of drug-likeness (QED) is 0.920. The number of amides is 1. The SMILES string of the molecule is Cc1ccc2nc(CSCC(=O)NC3CCCCC3)cn2c1. The summed E-state index contributed by atoms with van der Waals surface area (Å²) in [7, 11) is 0. The number of nitrogens with zero attached hydrogens (tertiary/aromatic N) is 2. The number of pyridine rings is 1. The van der Waals surface area contributed by atoms with Crippen LogP contribution in [0.15, 0.2) is 24.5 Å². The standard InChI is InChI=1S/C17H23N3OS/c1-13-7-8-16-18-15(10-20(16)9-13)11-22-12-17(21)19-14-5-3-2-4-6-14/h7-10,14H,2-6,11-12H2,1H3,(H,19,21). The van der Waals surface area contributed by atoms with Crippen LogP contribution >= 0.6 is 11.8 Å². The van der Waals surface area contributed by atoms with Crippen molar-refractivity contribution >= 4 is 23.3 Å². The maximum atomic E-state index is 12.0. The Kier molecular flexibility index (Phi) is 5.03. The van der Waals surface area contributed by atoms with Crippen molar-refractivity contribution in [2.75, 3.05) is 5.75 Å². The molecule has 0 saturated heterocycles. The molecule has 4 nitrogen and oxygen atoms in total. The molecule has 0 bridgehead atoms. The van der Waals surface area contributed by atoms with Gasteiger partial charge in [0.25, 0.3) is 0 Å². The van der Waals surface area contributed by atoms with E-state index in [1.165, 1.54) is 24.8 Å². The molecule has 3 rings (SSSR count). The van der Waals surface area contributed by atoms with Crippen LogP contribution < -0.4 is 5.32 Å². The number of nitrogens with one attached hydrogen (secondary N) is 1. The molecule has 0 aliphatic heterocycles. The highest BCUT2D eigenvalue weighted by molar-refractivity contribution is 7.99. The van der Waals surface area contributed by atoms with Crippen molar-refractivity contribution in [2.45, 2.75) is 50.8 Å². The maximum Gasteiger partial charge on any atom is 0.230 e. The Morgan fingerprint density at radius 3 is 2.95 bits per heavy atom. The first-order chi connectivity index (χ1) is 10.7. The number of rotatable bonds is 5. The molecule has 2 heterocycles. The average Bonchev–Trinajstić information content (AvgIpc) is 2.90. The Morgan fingerprint density at radius 2 is 2.14 bits per heavy atom. The van der Waals surface area contributed by atoms with Crippen molar-refractivity contribution < 1.29 is 4.79 Å². The second-order valence-electron chi connectivity index (χ2n) is 6.10. The van der Waals surface area contributed by atoms with Gasteiger partial charge in [-0.3, -0.25) is 4.79 Å². The zero-order valence-electron chi connectivity index (χ0n) is 13.0. The minimum Gasteiger partial charge on any atom is -0.353 e. The lowest BCUT2D eigenvalue weighted by molar-refractivity contribution is -0.119. The highest BCUT2D eigenvalue weighted by Gasteiger charge is 2.15. The average molecular weight is 317 g/mol. The van der Waals surface area contributed by atoms with Gasteiger partial charge in [0.1, 0.15) is 5.65 Å². The Morgan fingerprint density at radius 1 is 1.32 bits per heavy atom. The van der Waals surface area contributed by atoms with Crippen LogP contribution in [0.2, 0.25) is 0 Å². The van der Waals surface area contributed by atoms with Gasteiger partial charge in [-0.1, -0.05) is 25.3 Å². The zero-order chi connectivity index (χ0) is 15.4. The fourth-order valence-electron chi connectivity index (χ4n) is 2.99. The van der Waals surface area contributed by atoms with Gasteiger partial charge >= 0.3 is 0 Å². The molecule has 1 aliphatic carbocycles. The summed E-state index contributed by atoms with van der Waals surface area (Å²) in [6, 6.07) is 4.50. The molecule has 1 fully saturated rings. The van der Waals surface area contributed by atoms with Gasteiger partial charge in [-0.05, 0) is 31.4 Å². The van der Waals surface area contributed by atoms with E-state index < -0.39 is 0 Å². The van der Waals surface area contributed by atoms with Gasteiger partial charge in [-0.25, -0.2) is 4.98 Å². The lowest BCUT2D eigenvalue weighted by Gasteiger charge is -2.22. The van der Waals surface area contributed by atoms with E-state index in [0.717, 1.165) is 29.9 Å². The molecule has 1 saturated carbocycles. The largest absolute Gasteiger partial charge is 0.353 e. The normalized spacial score (nSPS) is 16.0. The molecule has 0 atom stereocenters. The Hall–Kier alpha value is -1.49. The summed E-state index contributed by atoms with van der Waals surface area (Å²) < 4.78 is 2.05. The Bertz CT molecular complexity index is 646. The van der Waals surface area contributed by atoms with Crippen LogP contribution in [0.4, 0.5) is 0 Å². The lowest BCUT2D eigenvalue weighted by Crippen LogP contribution is -2.37. The molecule has 0 aromatic carbocycles. The number of carbonyl (C=O) groups excluding carboxylic acids is 1. The third-order valence-corrected chi connectivity index (χ3v) is 5.07. The number of imidazole rings is 1. The molecule has 0 unspecified atom stereocenters. The summed E-state index contributed by atoms with van der Waals surface area (Å²) in [5, 5.41) is 3.15. The van der Waals surface area contributed by atoms with Crippen LogP contribution in [0.5, 0.6) is 0 Å². The molecular weight excluding hydrogens is 294 g/mol. The molecule has 0 spiro atoms.